The number of carboxylic acid groups (broad SMARTS) is 1. The second-order valence-electron chi connectivity index (χ2n) is 4.98. The Bertz CT molecular complexity index is 344. The first-order valence-electron chi connectivity index (χ1n) is 6.13. The third-order valence-electron chi connectivity index (χ3n) is 2.45. The van der Waals surface area contributed by atoms with Gasteiger partial charge < -0.3 is 20.2 Å². The fourth-order valence-electron chi connectivity index (χ4n) is 1.51. The molecule has 0 radical (unpaired) electrons. The number of hydrogen-bond donors (Lipinski definition) is 2. The van der Waals surface area contributed by atoms with Gasteiger partial charge in [0, 0.05) is 26.7 Å². The third kappa shape index (κ3) is 6.64. The molecule has 1 unspecified atom stereocenters. The van der Waals surface area contributed by atoms with Crippen LogP contribution in [0, 0.1) is 5.92 Å². The molecule has 0 aromatic heterocycles. The number of amides is 3. The summed E-state index contributed by atoms with van der Waals surface area (Å²) in [7, 11) is 3.02. The van der Waals surface area contributed by atoms with E-state index in [9.17, 15) is 14.4 Å². The molecule has 2 N–H and O–H groups in total. The lowest BCUT2D eigenvalue weighted by atomic mass is 10.2. The zero-order valence-electron chi connectivity index (χ0n) is 12.1. The van der Waals surface area contributed by atoms with E-state index in [1.807, 2.05) is 13.8 Å². The summed E-state index contributed by atoms with van der Waals surface area (Å²) in [5.41, 5.74) is 0. The van der Waals surface area contributed by atoms with Crippen LogP contribution in [0.2, 0.25) is 0 Å². The number of hydrogen-bond acceptors (Lipinski definition) is 3. The molecule has 0 rings (SSSR count). The molecular formula is C12H23N3O4. The zero-order valence-corrected chi connectivity index (χ0v) is 12.1. The number of aliphatic carboxylic acids is 1. The van der Waals surface area contributed by atoms with Gasteiger partial charge in [-0.3, -0.25) is 9.59 Å². The highest BCUT2D eigenvalue weighted by Crippen LogP contribution is 2.01. The van der Waals surface area contributed by atoms with Crippen molar-refractivity contribution in [2.75, 3.05) is 27.2 Å². The monoisotopic (exact) mass is 273 g/mol. The SMILES string of the molecule is CC(C)NC(=O)CN(C)C(=O)N(C)CC(C)C(=O)O. The quantitative estimate of drug-likeness (QED) is 0.724. The predicted molar refractivity (Wildman–Crippen MR) is 70.7 cm³/mol. The topological polar surface area (TPSA) is 90.0 Å². The van der Waals surface area contributed by atoms with Crippen LogP contribution in [0.25, 0.3) is 0 Å². The van der Waals surface area contributed by atoms with Crippen LogP contribution in [-0.2, 0) is 9.59 Å². The number of urea groups is 1. The Morgan fingerprint density at radius 2 is 1.63 bits per heavy atom. The number of nitrogens with one attached hydrogen (secondary N) is 1. The molecular weight excluding hydrogens is 250 g/mol. The van der Waals surface area contributed by atoms with E-state index in [1.165, 1.54) is 30.8 Å². The number of nitrogens with zero attached hydrogens (tertiary/aromatic N) is 2. The van der Waals surface area contributed by atoms with Crippen LogP contribution in [0.4, 0.5) is 4.79 Å². The Hall–Kier alpha value is -1.79. The normalized spacial score (nSPS) is 11.9. The summed E-state index contributed by atoms with van der Waals surface area (Å²) in [6.07, 6.45) is 0. The van der Waals surface area contributed by atoms with E-state index in [-0.39, 0.29) is 31.1 Å². The molecule has 0 aromatic rings. The smallest absolute Gasteiger partial charge is 0.319 e. The van der Waals surface area contributed by atoms with Crippen molar-refractivity contribution in [3.63, 3.8) is 0 Å². The van der Waals surface area contributed by atoms with Crippen LogP contribution in [0.15, 0.2) is 0 Å². The van der Waals surface area contributed by atoms with Crippen LogP contribution in [0.5, 0.6) is 0 Å². The number of carboxylic acids is 1. The summed E-state index contributed by atoms with van der Waals surface area (Å²) >= 11 is 0. The van der Waals surface area contributed by atoms with E-state index in [1.54, 1.807) is 0 Å². The standard InChI is InChI=1S/C12H23N3O4/c1-8(2)13-10(16)7-15(5)12(19)14(4)6-9(3)11(17)18/h8-9H,6-7H2,1-5H3,(H,13,16)(H,17,18). The minimum absolute atomic E-state index is 0.0146. The molecule has 7 nitrogen and oxygen atoms in total. The van der Waals surface area contributed by atoms with Crippen LogP contribution in [0.1, 0.15) is 20.8 Å². The van der Waals surface area contributed by atoms with Gasteiger partial charge in [-0.2, -0.15) is 0 Å². The molecule has 0 aliphatic heterocycles. The first-order chi connectivity index (χ1) is 8.65. The van der Waals surface area contributed by atoms with E-state index in [4.69, 9.17) is 5.11 Å². The summed E-state index contributed by atoms with van der Waals surface area (Å²) < 4.78 is 0. The van der Waals surface area contributed by atoms with Crippen LogP contribution in [0.3, 0.4) is 0 Å². The Balaban J connectivity index is 4.32. The van der Waals surface area contributed by atoms with Gasteiger partial charge in [0.05, 0.1) is 5.92 Å². The van der Waals surface area contributed by atoms with Gasteiger partial charge in [-0.05, 0) is 13.8 Å². The number of rotatable bonds is 6. The van der Waals surface area contributed by atoms with E-state index in [2.05, 4.69) is 5.32 Å². The molecule has 7 heteroatoms. The highest BCUT2D eigenvalue weighted by atomic mass is 16.4. The second-order valence-corrected chi connectivity index (χ2v) is 4.98. The minimum Gasteiger partial charge on any atom is -0.481 e. The Labute approximate surface area is 113 Å². The lowest BCUT2D eigenvalue weighted by molar-refractivity contribution is -0.141. The van der Waals surface area contributed by atoms with Crippen LogP contribution >= 0.6 is 0 Å². The maximum Gasteiger partial charge on any atom is 0.319 e. The van der Waals surface area contributed by atoms with E-state index < -0.39 is 11.9 Å². The first-order valence-corrected chi connectivity index (χ1v) is 6.13. The first kappa shape index (κ1) is 17.2. The summed E-state index contributed by atoms with van der Waals surface area (Å²) in [5, 5.41) is 11.5. The highest BCUT2D eigenvalue weighted by Gasteiger charge is 2.21. The van der Waals surface area contributed by atoms with Crippen LogP contribution < -0.4 is 5.32 Å². The molecule has 0 heterocycles. The van der Waals surface area contributed by atoms with Gasteiger partial charge in [0.2, 0.25) is 5.91 Å². The van der Waals surface area contributed by atoms with Gasteiger partial charge in [-0.1, -0.05) is 6.92 Å². The molecule has 0 aliphatic rings. The molecule has 0 spiro atoms. The molecule has 1 atom stereocenters. The Morgan fingerprint density at radius 3 is 2.05 bits per heavy atom. The van der Waals surface area contributed by atoms with Gasteiger partial charge in [0.1, 0.15) is 6.54 Å². The maximum absolute atomic E-state index is 11.9. The van der Waals surface area contributed by atoms with Gasteiger partial charge in [0.15, 0.2) is 0 Å². The van der Waals surface area contributed by atoms with E-state index in [0.717, 1.165) is 0 Å². The molecule has 0 bridgehead atoms. The molecule has 3 amide bonds. The summed E-state index contributed by atoms with van der Waals surface area (Å²) in [6.45, 7) is 5.24. The van der Waals surface area contributed by atoms with Crippen molar-refractivity contribution in [3.05, 3.63) is 0 Å². The average molecular weight is 273 g/mol. The second kappa shape index (κ2) is 7.60. The zero-order chi connectivity index (χ0) is 15.2. The minimum atomic E-state index is -0.958. The van der Waals surface area contributed by atoms with Gasteiger partial charge >= 0.3 is 12.0 Å². The molecule has 19 heavy (non-hydrogen) atoms. The van der Waals surface area contributed by atoms with Crippen LogP contribution in [-0.4, -0.2) is 66.0 Å². The lowest BCUT2D eigenvalue weighted by Crippen LogP contribution is -2.46. The maximum atomic E-state index is 11.9. The van der Waals surface area contributed by atoms with Crippen molar-refractivity contribution in [1.29, 1.82) is 0 Å². The summed E-state index contributed by atoms with van der Waals surface area (Å²) in [6, 6.07) is -0.368. The molecule has 0 fully saturated rings. The number of carbonyl (C=O) groups excluding carboxylic acids is 2. The fourth-order valence-corrected chi connectivity index (χ4v) is 1.51. The molecule has 110 valence electrons. The number of carbonyl (C=O) groups is 3. The van der Waals surface area contributed by atoms with Gasteiger partial charge in [-0.15, -0.1) is 0 Å². The van der Waals surface area contributed by atoms with Crippen molar-refractivity contribution in [1.82, 2.24) is 15.1 Å². The molecule has 0 saturated carbocycles. The fraction of sp³-hybridized carbons (Fsp3) is 0.750. The van der Waals surface area contributed by atoms with Crippen molar-refractivity contribution in [2.24, 2.45) is 5.92 Å². The lowest BCUT2D eigenvalue weighted by Gasteiger charge is -2.26. The Kier molecular flexibility index (Phi) is 6.89. The van der Waals surface area contributed by atoms with E-state index >= 15 is 0 Å². The molecule has 0 aromatic carbocycles. The van der Waals surface area contributed by atoms with Gasteiger partial charge in [-0.25, -0.2) is 4.79 Å². The van der Waals surface area contributed by atoms with E-state index in [0.29, 0.717) is 0 Å². The molecule has 0 aliphatic carbocycles. The summed E-state index contributed by atoms with van der Waals surface area (Å²) in [4.78, 5) is 36.7. The molecule has 0 saturated heterocycles. The Morgan fingerprint density at radius 1 is 1.11 bits per heavy atom. The van der Waals surface area contributed by atoms with Crippen molar-refractivity contribution < 1.29 is 19.5 Å². The number of likely N-dealkylation sites (N-methyl/N-ethyl adjacent to an activating group) is 1. The van der Waals surface area contributed by atoms with Crippen molar-refractivity contribution in [2.45, 2.75) is 26.8 Å². The largest absolute Gasteiger partial charge is 0.481 e. The summed E-state index contributed by atoms with van der Waals surface area (Å²) in [5.74, 6) is -1.85. The highest BCUT2D eigenvalue weighted by molar-refractivity contribution is 5.84. The predicted octanol–water partition coefficient (Wildman–Crippen LogP) is 0.215. The van der Waals surface area contributed by atoms with Crippen molar-refractivity contribution >= 4 is 17.9 Å². The average Bonchev–Trinajstić information content (AvgIpc) is 2.26. The van der Waals surface area contributed by atoms with Crippen molar-refractivity contribution in [3.8, 4) is 0 Å². The third-order valence-corrected chi connectivity index (χ3v) is 2.45. The van der Waals surface area contributed by atoms with Gasteiger partial charge in [0.25, 0.3) is 0 Å².